The van der Waals surface area contributed by atoms with Gasteiger partial charge in [-0.05, 0) is 37.8 Å². The first kappa shape index (κ1) is 13.1. The Bertz CT molecular complexity index is 613. The molecule has 0 amide bonds. The van der Waals surface area contributed by atoms with Crippen molar-refractivity contribution in [3.05, 3.63) is 35.8 Å². The molecule has 0 unspecified atom stereocenters. The molecule has 0 spiro atoms. The Balaban J connectivity index is 1.95. The van der Waals surface area contributed by atoms with E-state index in [1.165, 1.54) is 30.6 Å². The predicted molar refractivity (Wildman–Crippen MR) is 72.4 cm³/mol. The van der Waals surface area contributed by atoms with Crippen molar-refractivity contribution >= 4 is 11.6 Å². The molecule has 2 aromatic heterocycles. The summed E-state index contributed by atoms with van der Waals surface area (Å²) < 4.78 is 1.88. The van der Waals surface area contributed by atoms with E-state index in [9.17, 15) is 9.90 Å². The molecule has 0 aliphatic carbocycles. The highest BCUT2D eigenvalue weighted by Gasteiger charge is 2.19. The topological polar surface area (TPSA) is 61.9 Å². The van der Waals surface area contributed by atoms with Gasteiger partial charge in [-0.1, -0.05) is 6.07 Å². The second-order valence-corrected chi connectivity index (χ2v) is 5.46. The first-order valence-electron chi connectivity index (χ1n) is 7.26. The molecule has 106 valence electrons. The maximum atomic E-state index is 11.3. The van der Waals surface area contributed by atoms with Crippen molar-refractivity contribution in [2.75, 3.05) is 13.1 Å². The zero-order valence-electron chi connectivity index (χ0n) is 11.5. The van der Waals surface area contributed by atoms with Crippen molar-refractivity contribution in [2.45, 2.75) is 32.2 Å². The largest absolute Gasteiger partial charge is 0.543 e. The van der Waals surface area contributed by atoms with Gasteiger partial charge in [0.1, 0.15) is 23.6 Å². The number of carboxylic acid groups (broad SMARTS) is 1. The van der Waals surface area contributed by atoms with E-state index in [2.05, 4.69) is 4.98 Å². The van der Waals surface area contributed by atoms with Crippen LogP contribution in [0.25, 0.3) is 5.65 Å². The number of rotatable bonds is 3. The molecular formula is C15H19N3O2. The molecule has 5 nitrogen and oxygen atoms in total. The molecule has 1 saturated heterocycles. The molecule has 1 aliphatic heterocycles. The normalized spacial score (nSPS) is 17.2. The van der Waals surface area contributed by atoms with Gasteiger partial charge in [0.05, 0.1) is 19.1 Å². The van der Waals surface area contributed by atoms with Crippen molar-refractivity contribution < 1.29 is 14.8 Å². The number of aromatic nitrogens is 2. The smallest absolute Gasteiger partial charge is 0.137 e. The molecule has 3 rings (SSSR count). The average Bonchev–Trinajstić information content (AvgIpc) is 2.62. The number of fused-ring (bicyclic) bond motifs is 1. The van der Waals surface area contributed by atoms with E-state index in [0.29, 0.717) is 12.2 Å². The number of nitrogens with one attached hydrogen (secondary N) is 1. The molecule has 0 radical (unpaired) electrons. The van der Waals surface area contributed by atoms with Gasteiger partial charge in [0.15, 0.2) is 0 Å². The number of pyridine rings is 1. The van der Waals surface area contributed by atoms with Gasteiger partial charge in [-0.15, -0.1) is 0 Å². The van der Waals surface area contributed by atoms with Gasteiger partial charge in [0.25, 0.3) is 0 Å². The number of hydrogen-bond donors (Lipinski definition) is 1. The molecule has 0 aromatic carbocycles. The number of carbonyl (C=O) groups excluding carboxylic acids is 1. The number of quaternary nitrogens is 1. The van der Waals surface area contributed by atoms with Crippen LogP contribution in [0.3, 0.4) is 0 Å². The zero-order valence-corrected chi connectivity index (χ0v) is 11.5. The fourth-order valence-corrected chi connectivity index (χ4v) is 3.02. The Kier molecular flexibility index (Phi) is 3.69. The van der Waals surface area contributed by atoms with E-state index in [4.69, 9.17) is 0 Å². The summed E-state index contributed by atoms with van der Waals surface area (Å²) in [6.45, 7) is 2.91. The molecule has 3 heterocycles. The van der Waals surface area contributed by atoms with Crippen LogP contribution in [0.2, 0.25) is 0 Å². The number of carboxylic acids is 1. The highest BCUT2D eigenvalue weighted by atomic mass is 16.4. The Morgan fingerprint density at radius 3 is 2.70 bits per heavy atom. The van der Waals surface area contributed by atoms with Crippen molar-refractivity contribution in [3.63, 3.8) is 0 Å². The molecule has 2 aromatic rings. The van der Waals surface area contributed by atoms with Crippen LogP contribution in [-0.2, 0) is 6.54 Å². The summed E-state index contributed by atoms with van der Waals surface area (Å²) in [5.74, 6) is -1.18. The SMILES string of the molecule is O=C([O-])c1nc2ccccn2c1C[NH+]1CCCCCC1. The quantitative estimate of drug-likeness (QED) is 0.832. The predicted octanol–water partition coefficient (Wildman–Crippen LogP) is -0.343. The van der Waals surface area contributed by atoms with Crippen molar-refractivity contribution in [3.8, 4) is 0 Å². The zero-order chi connectivity index (χ0) is 13.9. The summed E-state index contributed by atoms with van der Waals surface area (Å²) in [4.78, 5) is 16.9. The lowest BCUT2D eigenvalue weighted by Crippen LogP contribution is -3.10. The lowest BCUT2D eigenvalue weighted by molar-refractivity contribution is -0.913. The van der Waals surface area contributed by atoms with Crippen LogP contribution in [0.4, 0.5) is 0 Å². The fraction of sp³-hybridized carbons (Fsp3) is 0.467. The Labute approximate surface area is 117 Å². The Morgan fingerprint density at radius 2 is 2.00 bits per heavy atom. The molecule has 1 aliphatic rings. The number of aromatic carboxylic acids is 1. The van der Waals surface area contributed by atoms with Gasteiger partial charge in [-0.3, -0.25) is 4.40 Å². The highest BCUT2D eigenvalue weighted by Crippen LogP contribution is 2.11. The molecule has 20 heavy (non-hydrogen) atoms. The van der Waals surface area contributed by atoms with Crippen LogP contribution < -0.4 is 10.0 Å². The second kappa shape index (κ2) is 5.63. The van der Waals surface area contributed by atoms with Crippen molar-refractivity contribution in [1.29, 1.82) is 0 Å². The minimum atomic E-state index is -1.18. The second-order valence-electron chi connectivity index (χ2n) is 5.46. The van der Waals surface area contributed by atoms with Crippen LogP contribution >= 0.6 is 0 Å². The third-order valence-corrected chi connectivity index (χ3v) is 4.05. The van der Waals surface area contributed by atoms with E-state index < -0.39 is 5.97 Å². The van der Waals surface area contributed by atoms with Crippen LogP contribution in [0.5, 0.6) is 0 Å². The number of nitrogens with zero attached hydrogens (tertiary/aromatic N) is 2. The monoisotopic (exact) mass is 273 g/mol. The first-order chi connectivity index (χ1) is 9.75. The van der Waals surface area contributed by atoms with Gasteiger partial charge in [0.2, 0.25) is 0 Å². The lowest BCUT2D eigenvalue weighted by Gasteiger charge is -2.17. The van der Waals surface area contributed by atoms with Gasteiger partial charge < -0.3 is 14.8 Å². The summed E-state index contributed by atoms with van der Waals surface area (Å²) in [5.41, 5.74) is 1.53. The van der Waals surface area contributed by atoms with Crippen molar-refractivity contribution in [1.82, 2.24) is 9.38 Å². The summed E-state index contributed by atoms with van der Waals surface area (Å²) in [5, 5.41) is 11.3. The maximum absolute atomic E-state index is 11.3. The van der Waals surface area contributed by atoms with Gasteiger partial charge in [-0.2, -0.15) is 0 Å². The number of likely N-dealkylation sites (tertiary alicyclic amines) is 1. The maximum Gasteiger partial charge on any atom is 0.137 e. The summed E-state index contributed by atoms with van der Waals surface area (Å²) >= 11 is 0. The highest BCUT2D eigenvalue weighted by molar-refractivity contribution is 5.86. The standard InChI is InChI=1S/C15H19N3O2/c19-15(20)14-12(11-17-8-4-1-2-5-9-17)18-10-6-3-7-13(18)16-14/h3,6-7,10H,1-2,4-5,8-9,11H2,(H,19,20). The molecule has 0 saturated carbocycles. The Morgan fingerprint density at radius 1 is 1.25 bits per heavy atom. The Hall–Kier alpha value is -1.88. The number of carbonyl (C=O) groups is 1. The number of imidazole rings is 1. The van der Waals surface area contributed by atoms with Crippen LogP contribution in [-0.4, -0.2) is 28.4 Å². The molecule has 0 bridgehead atoms. The van der Waals surface area contributed by atoms with Crippen LogP contribution in [0.15, 0.2) is 24.4 Å². The first-order valence-corrected chi connectivity index (χ1v) is 7.26. The minimum Gasteiger partial charge on any atom is -0.543 e. The summed E-state index contributed by atoms with van der Waals surface area (Å²) in [6, 6.07) is 5.59. The third kappa shape index (κ3) is 2.54. The molecule has 1 fully saturated rings. The summed E-state index contributed by atoms with van der Waals surface area (Å²) in [6.07, 6.45) is 6.87. The van der Waals surface area contributed by atoms with Gasteiger partial charge >= 0.3 is 0 Å². The summed E-state index contributed by atoms with van der Waals surface area (Å²) in [7, 11) is 0. The van der Waals surface area contributed by atoms with Crippen LogP contribution in [0, 0.1) is 0 Å². The fourth-order valence-electron chi connectivity index (χ4n) is 3.02. The number of hydrogen-bond acceptors (Lipinski definition) is 3. The third-order valence-electron chi connectivity index (χ3n) is 4.05. The minimum absolute atomic E-state index is 0.0907. The molecule has 5 heteroatoms. The molecule has 0 atom stereocenters. The average molecular weight is 273 g/mol. The van der Waals surface area contributed by atoms with Gasteiger partial charge in [0, 0.05) is 6.20 Å². The molecular weight excluding hydrogens is 254 g/mol. The molecule has 1 N–H and O–H groups in total. The van der Waals surface area contributed by atoms with Gasteiger partial charge in [-0.25, -0.2) is 4.98 Å². The van der Waals surface area contributed by atoms with E-state index in [0.717, 1.165) is 18.8 Å². The van der Waals surface area contributed by atoms with E-state index in [-0.39, 0.29) is 5.69 Å². The lowest BCUT2D eigenvalue weighted by atomic mass is 10.2. The van der Waals surface area contributed by atoms with Crippen LogP contribution in [0.1, 0.15) is 41.9 Å². The van der Waals surface area contributed by atoms with Crippen molar-refractivity contribution in [2.24, 2.45) is 0 Å². The van der Waals surface area contributed by atoms with E-state index in [1.54, 1.807) is 0 Å². The van der Waals surface area contributed by atoms with E-state index in [1.807, 2.05) is 28.8 Å². The van der Waals surface area contributed by atoms with E-state index >= 15 is 0 Å².